The zero-order chi connectivity index (χ0) is 12.3. The molecule has 0 bridgehead atoms. The van der Waals surface area contributed by atoms with Crippen LogP contribution in [0.25, 0.3) is 0 Å². The number of aliphatic hydroxyl groups is 1. The van der Waals surface area contributed by atoms with Gasteiger partial charge in [-0.25, -0.2) is 4.79 Å². The number of nitrogens with zero attached hydrogens (tertiary/aromatic N) is 1. The Labute approximate surface area is 96.6 Å². The molecule has 5 nitrogen and oxygen atoms in total. The lowest BCUT2D eigenvalue weighted by atomic mass is 9.95. The highest BCUT2D eigenvalue weighted by molar-refractivity contribution is 5.78. The van der Waals surface area contributed by atoms with Gasteiger partial charge in [-0.15, -0.1) is 0 Å². The molecule has 0 spiro atoms. The molecule has 0 aliphatic carbocycles. The summed E-state index contributed by atoms with van der Waals surface area (Å²) in [4.78, 5) is 13.4. The van der Waals surface area contributed by atoms with Gasteiger partial charge < -0.3 is 15.6 Å². The molecule has 1 saturated heterocycles. The van der Waals surface area contributed by atoms with Crippen LogP contribution in [0, 0.1) is 5.92 Å². The molecule has 1 aliphatic rings. The van der Waals surface area contributed by atoms with Crippen molar-refractivity contribution in [1.29, 1.82) is 0 Å². The van der Waals surface area contributed by atoms with Gasteiger partial charge in [0, 0.05) is 25.7 Å². The predicted octanol–water partition coefficient (Wildman–Crippen LogP) is -0.420. The van der Waals surface area contributed by atoms with Crippen LogP contribution in [-0.2, 0) is 9.53 Å². The summed E-state index contributed by atoms with van der Waals surface area (Å²) in [5, 5.41) is 9.95. The second-order valence-electron chi connectivity index (χ2n) is 5.06. The lowest BCUT2D eigenvalue weighted by Crippen LogP contribution is -2.54. The summed E-state index contributed by atoms with van der Waals surface area (Å²) >= 11 is 0. The summed E-state index contributed by atoms with van der Waals surface area (Å²) in [7, 11) is 1.28. The molecule has 0 amide bonds. The topological polar surface area (TPSA) is 75.8 Å². The number of ether oxygens (including phenoxy) is 1. The fraction of sp³-hybridized carbons (Fsp3) is 0.909. The van der Waals surface area contributed by atoms with Crippen molar-refractivity contribution in [2.75, 3.05) is 26.7 Å². The first-order chi connectivity index (χ1) is 7.35. The van der Waals surface area contributed by atoms with E-state index in [0.717, 1.165) is 19.5 Å². The fourth-order valence-electron chi connectivity index (χ4n) is 2.36. The zero-order valence-corrected chi connectivity index (χ0v) is 10.3. The van der Waals surface area contributed by atoms with Crippen molar-refractivity contribution in [3.63, 3.8) is 0 Å². The first-order valence-corrected chi connectivity index (χ1v) is 5.64. The van der Waals surface area contributed by atoms with Crippen LogP contribution in [-0.4, -0.2) is 54.4 Å². The molecule has 1 fully saturated rings. The van der Waals surface area contributed by atoms with Crippen LogP contribution in [0.15, 0.2) is 0 Å². The molecule has 1 rings (SSSR count). The van der Waals surface area contributed by atoms with Gasteiger partial charge in [0.2, 0.25) is 0 Å². The Balaban J connectivity index is 2.56. The number of likely N-dealkylation sites (tertiary alicyclic amines) is 1. The maximum Gasteiger partial charge on any atom is 0.338 e. The lowest BCUT2D eigenvalue weighted by molar-refractivity contribution is -0.162. The first-order valence-electron chi connectivity index (χ1n) is 5.64. The lowest BCUT2D eigenvalue weighted by Gasteiger charge is -2.37. The number of carbonyl (C=O) groups is 1. The van der Waals surface area contributed by atoms with Crippen LogP contribution in [0.2, 0.25) is 0 Å². The van der Waals surface area contributed by atoms with Gasteiger partial charge in [-0.05, 0) is 19.3 Å². The Bertz CT molecular complexity index is 246. The van der Waals surface area contributed by atoms with E-state index in [1.54, 1.807) is 0 Å². The molecule has 94 valence electrons. The third kappa shape index (κ3) is 3.43. The fourth-order valence-corrected chi connectivity index (χ4v) is 2.36. The van der Waals surface area contributed by atoms with Crippen LogP contribution < -0.4 is 5.73 Å². The Kier molecular flexibility index (Phi) is 4.29. The quantitative estimate of drug-likeness (QED) is 0.644. The zero-order valence-electron chi connectivity index (χ0n) is 10.3. The number of esters is 1. The van der Waals surface area contributed by atoms with Crippen molar-refractivity contribution in [3.8, 4) is 0 Å². The van der Waals surface area contributed by atoms with Crippen molar-refractivity contribution in [1.82, 2.24) is 4.90 Å². The van der Waals surface area contributed by atoms with Crippen LogP contribution in [0.1, 0.15) is 20.3 Å². The van der Waals surface area contributed by atoms with Crippen LogP contribution in [0.4, 0.5) is 0 Å². The van der Waals surface area contributed by atoms with Gasteiger partial charge >= 0.3 is 5.97 Å². The van der Waals surface area contributed by atoms with E-state index in [-0.39, 0.29) is 12.6 Å². The molecule has 0 aromatic carbocycles. The molecule has 16 heavy (non-hydrogen) atoms. The number of piperidine rings is 1. The van der Waals surface area contributed by atoms with Gasteiger partial charge in [-0.3, -0.25) is 4.90 Å². The summed E-state index contributed by atoms with van der Waals surface area (Å²) in [6, 6.07) is 0.122. The van der Waals surface area contributed by atoms with Crippen molar-refractivity contribution in [2.45, 2.75) is 31.9 Å². The number of β-amino-alcohol motifs (C(OH)–C–C–N with tert-alkyl or cyclic N) is 1. The minimum absolute atomic E-state index is 0.122. The monoisotopic (exact) mass is 230 g/mol. The summed E-state index contributed by atoms with van der Waals surface area (Å²) in [5.41, 5.74) is 4.45. The van der Waals surface area contributed by atoms with Crippen molar-refractivity contribution in [3.05, 3.63) is 0 Å². The molecular formula is C11H22N2O3. The predicted molar refractivity (Wildman–Crippen MR) is 60.8 cm³/mol. The molecule has 0 aromatic heterocycles. The van der Waals surface area contributed by atoms with Gasteiger partial charge in [0.1, 0.15) is 0 Å². The SMILES string of the molecule is COC(=O)C(C)(O)CN1CC(C)CC(N)C1. The Morgan fingerprint density at radius 2 is 2.25 bits per heavy atom. The standard InChI is InChI=1S/C11H22N2O3/c1-8-4-9(12)6-13(5-8)7-11(2,15)10(14)16-3/h8-9,15H,4-7,12H2,1-3H3. The normalized spacial score (nSPS) is 30.8. The van der Waals surface area contributed by atoms with E-state index in [9.17, 15) is 9.90 Å². The molecule has 0 radical (unpaired) electrons. The maximum atomic E-state index is 11.3. The number of hydrogen-bond acceptors (Lipinski definition) is 5. The smallest absolute Gasteiger partial charge is 0.338 e. The summed E-state index contributed by atoms with van der Waals surface area (Å²) in [5.74, 6) is -0.100. The minimum Gasteiger partial charge on any atom is -0.467 e. The van der Waals surface area contributed by atoms with Crippen molar-refractivity contribution >= 4 is 5.97 Å². The van der Waals surface area contributed by atoms with Gasteiger partial charge in [0.25, 0.3) is 0 Å². The molecule has 5 heteroatoms. The van der Waals surface area contributed by atoms with Crippen LogP contribution >= 0.6 is 0 Å². The van der Waals surface area contributed by atoms with Crippen LogP contribution in [0.5, 0.6) is 0 Å². The maximum absolute atomic E-state index is 11.3. The Morgan fingerprint density at radius 3 is 2.75 bits per heavy atom. The van der Waals surface area contributed by atoms with E-state index in [2.05, 4.69) is 11.7 Å². The van der Waals surface area contributed by atoms with Crippen molar-refractivity contribution < 1.29 is 14.6 Å². The highest BCUT2D eigenvalue weighted by Gasteiger charge is 2.35. The molecular weight excluding hydrogens is 208 g/mol. The largest absolute Gasteiger partial charge is 0.467 e. The van der Waals surface area contributed by atoms with E-state index in [4.69, 9.17) is 5.73 Å². The molecule has 3 unspecified atom stereocenters. The second kappa shape index (κ2) is 5.12. The minimum atomic E-state index is -1.45. The van der Waals surface area contributed by atoms with Gasteiger partial charge in [0.05, 0.1) is 7.11 Å². The highest BCUT2D eigenvalue weighted by Crippen LogP contribution is 2.18. The van der Waals surface area contributed by atoms with E-state index in [1.165, 1.54) is 14.0 Å². The van der Waals surface area contributed by atoms with E-state index in [0.29, 0.717) is 5.92 Å². The summed E-state index contributed by atoms with van der Waals surface area (Å²) in [6.07, 6.45) is 0.997. The number of carbonyl (C=O) groups excluding carboxylic acids is 1. The molecule has 1 aliphatic heterocycles. The van der Waals surface area contributed by atoms with Gasteiger partial charge in [0.15, 0.2) is 5.60 Å². The Hall–Kier alpha value is -0.650. The summed E-state index contributed by atoms with van der Waals surface area (Å²) < 4.78 is 4.56. The molecule has 1 heterocycles. The molecule has 3 atom stereocenters. The number of nitrogens with two attached hydrogens (primary N) is 1. The van der Waals surface area contributed by atoms with Gasteiger partial charge in [-0.1, -0.05) is 6.92 Å². The molecule has 0 aromatic rings. The van der Waals surface area contributed by atoms with E-state index < -0.39 is 11.6 Å². The van der Waals surface area contributed by atoms with Gasteiger partial charge in [-0.2, -0.15) is 0 Å². The molecule has 0 saturated carbocycles. The third-order valence-corrected chi connectivity index (χ3v) is 2.92. The van der Waals surface area contributed by atoms with E-state index in [1.807, 2.05) is 4.90 Å². The molecule has 3 N–H and O–H groups in total. The van der Waals surface area contributed by atoms with Crippen LogP contribution in [0.3, 0.4) is 0 Å². The Morgan fingerprint density at radius 1 is 1.62 bits per heavy atom. The number of methoxy groups -OCH3 is 1. The third-order valence-electron chi connectivity index (χ3n) is 2.92. The number of rotatable bonds is 3. The number of hydrogen-bond donors (Lipinski definition) is 2. The second-order valence-corrected chi connectivity index (χ2v) is 5.06. The summed E-state index contributed by atoms with van der Waals surface area (Å²) in [6.45, 7) is 5.46. The average Bonchev–Trinajstić information content (AvgIpc) is 2.13. The van der Waals surface area contributed by atoms with E-state index >= 15 is 0 Å². The highest BCUT2D eigenvalue weighted by atomic mass is 16.5. The average molecular weight is 230 g/mol. The first kappa shape index (κ1) is 13.4. The van der Waals surface area contributed by atoms with Crippen molar-refractivity contribution in [2.24, 2.45) is 11.7 Å².